The van der Waals surface area contributed by atoms with Gasteiger partial charge >= 0.3 is 0 Å². The van der Waals surface area contributed by atoms with Crippen molar-refractivity contribution in [3.05, 3.63) is 95.9 Å². The number of fused-ring (bicyclic) bond motifs is 1. The molecule has 2 heterocycles. The third-order valence-electron chi connectivity index (χ3n) is 6.77. The van der Waals surface area contributed by atoms with E-state index in [2.05, 4.69) is 15.6 Å². The highest BCUT2D eigenvalue weighted by Crippen LogP contribution is 2.38. The number of hydrogen-bond donors (Lipinski definition) is 2. The molecule has 0 aliphatic heterocycles. The molecule has 0 unspecified atom stereocenters. The Morgan fingerprint density at radius 2 is 1.63 bits per heavy atom. The van der Waals surface area contributed by atoms with Crippen molar-refractivity contribution in [2.75, 3.05) is 20.7 Å². The van der Waals surface area contributed by atoms with Gasteiger partial charge in [0.05, 0.1) is 12.7 Å². The number of methoxy groups -OCH3 is 1. The van der Waals surface area contributed by atoms with E-state index in [1.165, 1.54) is 12.1 Å². The summed E-state index contributed by atoms with van der Waals surface area (Å²) < 4.78 is 25.1. The number of pyridine rings is 1. The fourth-order valence-electron chi connectivity index (χ4n) is 4.73. The van der Waals surface area contributed by atoms with Crippen LogP contribution in [0.1, 0.15) is 34.6 Å². The van der Waals surface area contributed by atoms with E-state index in [1.807, 2.05) is 50.2 Å². The number of aromatic nitrogens is 1. The summed E-state index contributed by atoms with van der Waals surface area (Å²) in [5.74, 6) is 0.129. The van der Waals surface area contributed by atoms with Gasteiger partial charge in [-0.15, -0.1) is 0 Å². The number of nitrogens with one attached hydrogen (secondary N) is 2. The van der Waals surface area contributed by atoms with E-state index in [1.54, 1.807) is 44.6 Å². The van der Waals surface area contributed by atoms with Gasteiger partial charge in [-0.25, -0.2) is 9.37 Å². The van der Waals surface area contributed by atoms with E-state index in [-0.39, 0.29) is 23.5 Å². The van der Waals surface area contributed by atoms with Crippen LogP contribution >= 0.6 is 0 Å². The zero-order chi connectivity index (χ0) is 29.1. The second-order valence-corrected chi connectivity index (χ2v) is 10.0. The third kappa shape index (κ3) is 5.54. The molecule has 0 bridgehead atoms. The van der Waals surface area contributed by atoms with E-state index in [4.69, 9.17) is 9.15 Å². The van der Waals surface area contributed by atoms with Gasteiger partial charge in [0, 0.05) is 41.9 Å². The molecular weight excluding hydrogens is 521 g/mol. The number of benzene rings is 3. The predicted molar refractivity (Wildman–Crippen MR) is 157 cm³/mol. The molecule has 8 heteroatoms. The molecular formula is C33H30FN3O4. The van der Waals surface area contributed by atoms with Crippen LogP contribution in [0.4, 0.5) is 4.39 Å². The summed E-state index contributed by atoms with van der Waals surface area (Å²) in [6.07, 6.45) is 1.64. The van der Waals surface area contributed by atoms with Gasteiger partial charge < -0.3 is 19.8 Å². The number of halogens is 1. The number of furan rings is 1. The van der Waals surface area contributed by atoms with Crippen molar-refractivity contribution in [3.8, 4) is 39.5 Å². The minimum absolute atomic E-state index is 0.213. The lowest BCUT2D eigenvalue weighted by Gasteiger charge is -2.15. The maximum absolute atomic E-state index is 13.6. The number of hydrogen-bond acceptors (Lipinski definition) is 5. The second kappa shape index (κ2) is 11.6. The van der Waals surface area contributed by atoms with Crippen molar-refractivity contribution in [3.63, 3.8) is 0 Å². The maximum atomic E-state index is 13.6. The fourth-order valence-corrected chi connectivity index (χ4v) is 4.73. The molecule has 2 amide bonds. The van der Waals surface area contributed by atoms with Crippen molar-refractivity contribution in [1.29, 1.82) is 0 Å². The Kier molecular flexibility index (Phi) is 7.83. The summed E-state index contributed by atoms with van der Waals surface area (Å²) in [4.78, 5) is 30.8. The van der Waals surface area contributed by atoms with Gasteiger partial charge in [0.15, 0.2) is 0 Å². The number of carbonyl (C=O) groups excluding carboxylic acids is 2. The molecule has 0 saturated carbocycles. The van der Waals surface area contributed by atoms with Gasteiger partial charge in [-0.1, -0.05) is 32.0 Å². The van der Waals surface area contributed by atoms with Gasteiger partial charge in [-0.2, -0.15) is 0 Å². The van der Waals surface area contributed by atoms with Crippen LogP contribution in [0.2, 0.25) is 0 Å². The van der Waals surface area contributed by atoms with Crippen molar-refractivity contribution in [1.82, 2.24) is 15.6 Å². The highest BCUT2D eigenvalue weighted by molar-refractivity contribution is 6.12. The van der Waals surface area contributed by atoms with Gasteiger partial charge in [-0.05, 0) is 77.2 Å². The number of rotatable bonds is 8. The number of carbonyl (C=O) groups is 2. The standard InChI is InChI=1S/C33H30FN3O4/c1-19(2)18-37-31(38)26-16-21(9-13-24(26)25-6-5-15-36-33(25)40-4)22-10-14-28-27(17-22)29(32(39)35-3)30(41-28)20-7-11-23(34)12-8-20/h5-17,19H,18H2,1-4H3,(H,35,39)(H,37,38). The minimum Gasteiger partial charge on any atom is -0.481 e. The summed E-state index contributed by atoms with van der Waals surface area (Å²) in [7, 11) is 3.09. The summed E-state index contributed by atoms with van der Waals surface area (Å²) in [6.45, 7) is 4.59. The lowest BCUT2D eigenvalue weighted by atomic mass is 9.93. The Balaban J connectivity index is 1.66. The number of nitrogens with zero attached hydrogens (tertiary/aromatic N) is 1. The first-order valence-corrected chi connectivity index (χ1v) is 13.3. The zero-order valence-corrected chi connectivity index (χ0v) is 23.2. The summed E-state index contributed by atoms with van der Waals surface area (Å²) in [5, 5.41) is 6.30. The van der Waals surface area contributed by atoms with E-state index in [0.29, 0.717) is 57.0 Å². The summed E-state index contributed by atoms with van der Waals surface area (Å²) in [6, 6.07) is 20.6. The highest BCUT2D eigenvalue weighted by atomic mass is 19.1. The monoisotopic (exact) mass is 551 g/mol. The maximum Gasteiger partial charge on any atom is 0.255 e. The molecule has 3 aromatic carbocycles. The lowest BCUT2D eigenvalue weighted by molar-refractivity contribution is 0.0946. The van der Waals surface area contributed by atoms with Crippen molar-refractivity contribution in [2.24, 2.45) is 5.92 Å². The zero-order valence-electron chi connectivity index (χ0n) is 23.2. The van der Waals surface area contributed by atoms with Crippen molar-refractivity contribution >= 4 is 22.8 Å². The lowest BCUT2D eigenvalue weighted by Crippen LogP contribution is -2.27. The normalized spacial score (nSPS) is 11.1. The molecule has 41 heavy (non-hydrogen) atoms. The van der Waals surface area contributed by atoms with Crippen LogP contribution in [0.15, 0.2) is 83.4 Å². The fraction of sp³-hybridized carbons (Fsp3) is 0.182. The van der Waals surface area contributed by atoms with Crippen molar-refractivity contribution < 1.29 is 23.1 Å². The molecule has 5 rings (SSSR count). The van der Waals surface area contributed by atoms with Gasteiger partial charge in [0.25, 0.3) is 11.8 Å². The van der Waals surface area contributed by atoms with Crippen LogP contribution in [0.3, 0.4) is 0 Å². The Hall–Kier alpha value is -4.98. The number of amides is 2. The molecule has 0 aliphatic carbocycles. The summed E-state index contributed by atoms with van der Waals surface area (Å²) in [5.41, 5.74) is 4.88. The first-order chi connectivity index (χ1) is 19.8. The first-order valence-electron chi connectivity index (χ1n) is 13.3. The minimum atomic E-state index is -0.380. The molecule has 2 N–H and O–H groups in total. The molecule has 208 valence electrons. The van der Waals surface area contributed by atoms with Gasteiger partial charge in [0.2, 0.25) is 5.88 Å². The Morgan fingerprint density at radius 3 is 2.34 bits per heavy atom. The Labute approximate surface area is 237 Å². The van der Waals surface area contributed by atoms with Crippen LogP contribution in [-0.2, 0) is 0 Å². The Bertz CT molecular complexity index is 1740. The largest absolute Gasteiger partial charge is 0.481 e. The first kappa shape index (κ1) is 27.6. The van der Waals surface area contributed by atoms with Gasteiger partial charge in [0.1, 0.15) is 17.2 Å². The van der Waals surface area contributed by atoms with Crippen LogP contribution in [0.25, 0.3) is 44.5 Å². The quantitative estimate of drug-likeness (QED) is 0.223. The van der Waals surface area contributed by atoms with Gasteiger partial charge in [-0.3, -0.25) is 9.59 Å². The average Bonchev–Trinajstić information content (AvgIpc) is 3.38. The predicted octanol–water partition coefficient (Wildman–Crippen LogP) is 6.72. The molecule has 0 aliphatic rings. The molecule has 0 radical (unpaired) electrons. The smallest absolute Gasteiger partial charge is 0.255 e. The van der Waals surface area contributed by atoms with Crippen LogP contribution in [0, 0.1) is 11.7 Å². The SMILES string of the molecule is CNC(=O)c1c(-c2ccc(F)cc2)oc2ccc(-c3ccc(-c4cccnc4OC)c(C(=O)NCC(C)C)c3)cc12. The van der Waals surface area contributed by atoms with E-state index < -0.39 is 0 Å². The van der Waals surface area contributed by atoms with E-state index >= 15 is 0 Å². The molecule has 0 saturated heterocycles. The van der Waals surface area contributed by atoms with E-state index in [9.17, 15) is 14.0 Å². The van der Waals surface area contributed by atoms with Crippen LogP contribution in [0.5, 0.6) is 5.88 Å². The van der Waals surface area contributed by atoms with E-state index in [0.717, 1.165) is 11.1 Å². The molecule has 2 aromatic heterocycles. The number of ether oxygens (including phenoxy) is 1. The third-order valence-corrected chi connectivity index (χ3v) is 6.77. The Morgan fingerprint density at radius 1 is 0.927 bits per heavy atom. The second-order valence-electron chi connectivity index (χ2n) is 10.0. The molecule has 0 atom stereocenters. The highest BCUT2D eigenvalue weighted by Gasteiger charge is 2.23. The average molecular weight is 552 g/mol. The summed E-state index contributed by atoms with van der Waals surface area (Å²) >= 11 is 0. The molecule has 7 nitrogen and oxygen atoms in total. The molecule has 5 aromatic rings. The van der Waals surface area contributed by atoms with Crippen molar-refractivity contribution in [2.45, 2.75) is 13.8 Å². The van der Waals surface area contributed by atoms with Crippen LogP contribution in [-0.4, -0.2) is 37.5 Å². The topological polar surface area (TPSA) is 93.5 Å². The van der Waals surface area contributed by atoms with Crippen LogP contribution < -0.4 is 15.4 Å². The molecule has 0 fully saturated rings. The molecule has 0 spiro atoms.